The van der Waals surface area contributed by atoms with E-state index in [1.807, 2.05) is 0 Å². The summed E-state index contributed by atoms with van der Waals surface area (Å²) in [6.07, 6.45) is 4.67. The van der Waals surface area contributed by atoms with E-state index in [-0.39, 0.29) is 0 Å². The van der Waals surface area contributed by atoms with Crippen molar-refractivity contribution < 1.29 is 9.47 Å². The highest BCUT2D eigenvalue weighted by atomic mass is 16.5. The fraction of sp³-hybridized carbons (Fsp3) is 1.00. The first-order valence-electron chi connectivity index (χ1n) is 8.37. The molecular weight excluding hydrogens is 264 g/mol. The molecule has 0 amide bonds. The van der Waals surface area contributed by atoms with Crippen molar-refractivity contribution in [2.45, 2.75) is 58.5 Å². The lowest BCUT2D eigenvalue weighted by Gasteiger charge is -2.45. The van der Waals surface area contributed by atoms with Crippen LogP contribution in [0.1, 0.15) is 46.5 Å². The molecule has 4 heteroatoms. The van der Waals surface area contributed by atoms with Gasteiger partial charge in [-0.3, -0.25) is 4.90 Å². The molecule has 0 bridgehead atoms. The van der Waals surface area contributed by atoms with E-state index < -0.39 is 0 Å². The van der Waals surface area contributed by atoms with E-state index in [0.717, 1.165) is 45.1 Å². The minimum Gasteiger partial charge on any atom is -0.385 e. The Labute approximate surface area is 131 Å². The van der Waals surface area contributed by atoms with Crippen LogP contribution in [-0.4, -0.2) is 57.5 Å². The topological polar surface area (TPSA) is 47.7 Å². The van der Waals surface area contributed by atoms with Crippen LogP contribution in [0.15, 0.2) is 0 Å². The Morgan fingerprint density at radius 3 is 2.29 bits per heavy atom. The number of ether oxygens (including phenoxy) is 2. The summed E-state index contributed by atoms with van der Waals surface area (Å²) in [6.45, 7) is 10.7. The third-order valence-corrected chi connectivity index (χ3v) is 4.94. The van der Waals surface area contributed by atoms with Crippen LogP contribution >= 0.6 is 0 Å². The Bertz CT molecular complexity index is 278. The van der Waals surface area contributed by atoms with Gasteiger partial charge in [0, 0.05) is 46.0 Å². The predicted molar refractivity (Wildman–Crippen MR) is 88.5 cm³/mol. The van der Waals surface area contributed by atoms with Crippen molar-refractivity contribution in [3.63, 3.8) is 0 Å². The van der Waals surface area contributed by atoms with E-state index >= 15 is 0 Å². The Hall–Kier alpha value is -0.160. The molecule has 0 aliphatic heterocycles. The summed E-state index contributed by atoms with van der Waals surface area (Å²) in [7, 11) is 3.54. The van der Waals surface area contributed by atoms with E-state index in [9.17, 15) is 0 Å². The fourth-order valence-electron chi connectivity index (χ4n) is 3.44. The van der Waals surface area contributed by atoms with Gasteiger partial charge in [-0.05, 0) is 37.0 Å². The molecule has 1 rings (SSSR count). The maximum absolute atomic E-state index is 6.45. The summed E-state index contributed by atoms with van der Waals surface area (Å²) in [4.78, 5) is 2.53. The number of rotatable bonds is 8. The molecule has 1 aliphatic carbocycles. The molecule has 0 aromatic heterocycles. The summed E-state index contributed by atoms with van der Waals surface area (Å²) in [5.74, 6) is 0.759. The zero-order chi connectivity index (χ0) is 15.9. The van der Waals surface area contributed by atoms with Crippen molar-refractivity contribution in [1.82, 2.24) is 4.90 Å². The van der Waals surface area contributed by atoms with Crippen LogP contribution in [-0.2, 0) is 9.47 Å². The first kappa shape index (κ1) is 18.9. The van der Waals surface area contributed by atoms with Crippen LogP contribution in [0.5, 0.6) is 0 Å². The van der Waals surface area contributed by atoms with Crippen molar-refractivity contribution in [2.24, 2.45) is 17.1 Å². The summed E-state index contributed by atoms with van der Waals surface area (Å²) in [5.41, 5.74) is 6.82. The number of hydrogen-bond acceptors (Lipinski definition) is 4. The fourth-order valence-corrected chi connectivity index (χ4v) is 3.44. The molecule has 0 spiro atoms. The summed E-state index contributed by atoms with van der Waals surface area (Å²) in [5, 5.41) is 0. The summed E-state index contributed by atoms with van der Waals surface area (Å²) >= 11 is 0. The lowest BCUT2D eigenvalue weighted by molar-refractivity contribution is 0.0457. The minimum absolute atomic E-state index is 0.294. The SMILES string of the molecule is COCCCN(CCOC)C1CC(C(C)(C)C)CCC1N. The maximum atomic E-state index is 6.45. The van der Waals surface area contributed by atoms with Gasteiger partial charge >= 0.3 is 0 Å². The maximum Gasteiger partial charge on any atom is 0.0589 e. The Balaban J connectivity index is 2.67. The van der Waals surface area contributed by atoms with Crippen LogP contribution in [0, 0.1) is 11.3 Å². The van der Waals surface area contributed by atoms with Crippen molar-refractivity contribution in [2.75, 3.05) is 40.5 Å². The average molecular weight is 300 g/mol. The molecule has 3 atom stereocenters. The molecule has 0 saturated heterocycles. The number of nitrogens with zero attached hydrogens (tertiary/aromatic N) is 1. The molecule has 2 N–H and O–H groups in total. The van der Waals surface area contributed by atoms with Crippen LogP contribution < -0.4 is 5.73 Å². The van der Waals surface area contributed by atoms with Crippen LogP contribution in [0.2, 0.25) is 0 Å². The van der Waals surface area contributed by atoms with Gasteiger partial charge in [-0.2, -0.15) is 0 Å². The minimum atomic E-state index is 0.294. The summed E-state index contributed by atoms with van der Waals surface area (Å²) < 4.78 is 10.5. The van der Waals surface area contributed by atoms with Crippen molar-refractivity contribution in [3.8, 4) is 0 Å². The molecule has 0 radical (unpaired) electrons. The molecular formula is C17H36N2O2. The zero-order valence-corrected chi connectivity index (χ0v) is 14.7. The van der Waals surface area contributed by atoms with E-state index in [4.69, 9.17) is 15.2 Å². The number of nitrogens with two attached hydrogens (primary N) is 1. The van der Waals surface area contributed by atoms with Crippen LogP contribution in [0.25, 0.3) is 0 Å². The van der Waals surface area contributed by atoms with Gasteiger partial charge in [0.25, 0.3) is 0 Å². The largest absolute Gasteiger partial charge is 0.385 e. The molecule has 0 heterocycles. The smallest absolute Gasteiger partial charge is 0.0589 e. The second kappa shape index (κ2) is 9.09. The van der Waals surface area contributed by atoms with Gasteiger partial charge in [0.05, 0.1) is 6.61 Å². The first-order chi connectivity index (χ1) is 9.90. The first-order valence-corrected chi connectivity index (χ1v) is 8.37. The zero-order valence-electron chi connectivity index (χ0n) is 14.7. The Kier molecular flexibility index (Phi) is 8.17. The van der Waals surface area contributed by atoms with Crippen molar-refractivity contribution in [3.05, 3.63) is 0 Å². The van der Waals surface area contributed by atoms with Crippen molar-refractivity contribution in [1.29, 1.82) is 0 Å². The van der Waals surface area contributed by atoms with Gasteiger partial charge in [-0.15, -0.1) is 0 Å². The quantitative estimate of drug-likeness (QED) is 0.700. The Morgan fingerprint density at radius 2 is 1.71 bits per heavy atom. The van der Waals surface area contributed by atoms with Gasteiger partial charge < -0.3 is 15.2 Å². The normalized spacial score (nSPS) is 27.3. The van der Waals surface area contributed by atoms with Gasteiger partial charge in [0.2, 0.25) is 0 Å². The van der Waals surface area contributed by atoms with Crippen LogP contribution in [0.3, 0.4) is 0 Å². The lowest BCUT2D eigenvalue weighted by atomic mass is 9.69. The second-order valence-electron chi connectivity index (χ2n) is 7.48. The van der Waals surface area contributed by atoms with E-state index in [2.05, 4.69) is 25.7 Å². The highest BCUT2D eigenvalue weighted by molar-refractivity contribution is 4.92. The van der Waals surface area contributed by atoms with E-state index in [1.54, 1.807) is 14.2 Å². The highest BCUT2D eigenvalue weighted by Gasteiger charge is 2.36. The molecule has 1 fully saturated rings. The van der Waals surface area contributed by atoms with Gasteiger partial charge in [0.15, 0.2) is 0 Å². The third kappa shape index (κ3) is 6.23. The number of hydrogen-bond donors (Lipinski definition) is 1. The standard InChI is InChI=1S/C17H36N2O2/c1-17(2,3)14-7-8-15(18)16(13-14)19(10-12-21-5)9-6-11-20-4/h14-16H,6-13,18H2,1-5H3. The molecule has 3 unspecified atom stereocenters. The molecule has 126 valence electrons. The molecule has 1 aliphatic rings. The van der Waals surface area contributed by atoms with Gasteiger partial charge in [-0.25, -0.2) is 0 Å². The molecule has 0 aromatic carbocycles. The van der Waals surface area contributed by atoms with Crippen LogP contribution in [0.4, 0.5) is 0 Å². The Morgan fingerprint density at radius 1 is 1.05 bits per heavy atom. The monoisotopic (exact) mass is 300 g/mol. The molecule has 0 aromatic rings. The lowest BCUT2D eigenvalue weighted by Crippen LogP contribution is -2.53. The predicted octanol–water partition coefficient (Wildman–Crippen LogP) is 2.51. The second-order valence-corrected chi connectivity index (χ2v) is 7.48. The average Bonchev–Trinajstić information content (AvgIpc) is 2.42. The van der Waals surface area contributed by atoms with Gasteiger partial charge in [-0.1, -0.05) is 20.8 Å². The van der Waals surface area contributed by atoms with Crippen molar-refractivity contribution >= 4 is 0 Å². The molecule has 4 nitrogen and oxygen atoms in total. The molecule has 1 saturated carbocycles. The molecule has 21 heavy (non-hydrogen) atoms. The number of methoxy groups -OCH3 is 2. The highest BCUT2D eigenvalue weighted by Crippen LogP contribution is 2.39. The van der Waals surface area contributed by atoms with E-state index in [1.165, 1.54) is 12.8 Å². The third-order valence-electron chi connectivity index (χ3n) is 4.94. The summed E-state index contributed by atoms with van der Waals surface area (Å²) in [6, 6.07) is 0.776. The van der Waals surface area contributed by atoms with E-state index in [0.29, 0.717) is 17.5 Å². The van der Waals surface area contributed by atoms with Gasteiger partial charge in [0.1, 0.15) is 0 Å².